The van der Waals surface area contributed by atoms with Crippen molar-refractivity contribution in [1.29, 1.82) is 0 Å². The van der Waals surface area contributed by atoms with Gasteiger partial charge < -0.3 is 16.0 Å². The third-order valence-electron chi connectivity index (χ3n) is 5.08. The molecular weight excluding hydrogens is 328 g/mol. The molecule has 0 radical (unpaired) electrons. The van der Waals surface area contributed by atoms with Crippen LogP contribution in [0.2, 0.25) is 0 Å². The number of imidazole rings is 2. The molecule has 0 spiro atoms. The Hall–Kier alpha value is -3.00. The summed E-state index contributed by atoms with van der Waals surface area (Å²) in [4.78, 5) is 21.3. The fourth-order valence-electron chi connectivity index (χ4n) is 3.69. The van der Waals surface area contributed by atoms with Crippen molar-refractivity contribution in [3.05, 3.63) is 36.9 Å². The van der Waals surface area contributed by atoms with Gasteiger partial charge in [0.05, 0.1) is 17.4 Å². The topological polar surface area (TPSA) is 110 Å². The highest BCUT2D eigenvalue weighted by Gasteiger charge is 2.23. The predicted octanol–water partition coefficient (Wildman–Crippen LogP) is 2.37. The van der Waals surface area contributed by atoms with Gasteiger partial charge >= 0.3 is 0 Å². The first kappa shape index (κ1) is 15.3. The van der Waals surface area contributed by atoms with Crippen LogP contribution >= 0.6 is 0 Å². The van der Waals surface area contributed by atoms with Crippen LogP contribution in [0, 0.1) is 0 Å². The normalized spacial score (nSPS) is 20.7. The molecule has 0 unspecified atom stereocenters. The zero-order chi connectivity index (χ0) is 17.5. The number of benzene rings is 1. The molecule has 4 N–H and O–H groups in total. The Labute approximate surface area is 149 Å². The Morgan fingerprint density at radius 2 is 2.00 bits per heavy atom. The number of hydrogen-bond donors (Lipinski definition) is 3. The van der Waals surface area contributed by atoms with Crippen molar-refractivity contribution in [2.75, 3.05) is 5.32 Å². The molecule has 132 valence electrons. The maximum Gasteiger partial charge on any atom is 0.227 e. The van der Waals surface area contributed by atoms with Crippen LogP contribution in [0.5, 0.6) is 0 Å². The number of nitrogens with zero attached hydrogens (tertiary/aromatic N) is 5. The second-order valence-electron chi connectivity index (χ2n) is 6.77. The molecular formula is C18H20N8. The van der Waals surface area contributed by atoms with Gasteiger partial charge in [0.2, 0.25) is 5.95 Å². The van der Waals surface area contributed by atoms with E-state index in [1.165, 1.54) is 12.8 Å². The van der Waals surface area contributed by atoms with E-state index < -0.39 is 0 Å². The van der Waals surface area contributed by atoms with Crippen molar-refractivity contribution < 1.29 is 0 Å². The maximum absolute atomic E-state index is 6.27. The Bertz CT molecular complexity index is 1070. The van der Waals surface area contributed by atoms with Crippen LogP contribution in [0.4, 0.5) is 5.95 Å². The SMILES string of the molecule is N[C@@H]1CCCC[C@@H]1Nc1nc(-n2cnc3ccccc32)c2nc[nH]c2n1. The number of nitrogens with one attached hydrogen (secondary N) is 2. The molecule has 8 nitrogen and oxygen atoms in total. The standard InChI is InChI=1S/C18H20N8/c19-11-5-1-2-6-12(11)23-18-24-16-15(20-9-21-16)17(25-18)26-10-22-13-7-3-4-8-14(13)26/h3-4,7-12H,1-2,5-6,19H2,(H2,20,21,23,24,25)/t11-,12+/m1/s1. The van der Waals surface area contributed by atoms with Gasteiger partial charge in [-0.05, 0) is 25.0 Å². The average molecular weight is 348 g/mol. The van der Waals surface area contributed by atoms with Gasteiger partial charge in [-0.3, -0.25) is 4.57 Å². The van der Waals surface area contributed by atoms with E-state index in [2.05, 4.69) is 25.3 Å². The predicted molar refractivity (Wildman–Crippen MR) is 100 cm³/mol. The van der Waals surface area contributed by atoms with E-state index in [1.54, 1.807) is 12.7 Å². The first-order valence-corrected chi connectivity index (χ1v) is 8.95. The molecule has 4 aromatic rings. The third-order valence-corrected chi connectivity index (χ3v) is 5.08. The van der Waals surface area contributed by atoms with Gasteiger partial charge in [0.25, 0.3) is 0 Å². The zero-order valence-electron chi connectivity index (χ0n) is 14.3. The Balaban J connectivity index is 1.61. The summed E-state index contributed by atoms with van der Waals surface area (Å²) < 4.78 is 1.95. The molecule has 3 heterocycles. The van der Waals surface area contributed by atoms with Crippen LogP contribution in [-0.4, -0.2) is 41.6 Å². The van der Waals surface area contributed by atoms with Crippen LogP contribution in [-0.2, 0) is 0 Å². The summed E-state index contributed by atoms with van der Waals surface area (Å²) in [6.07, 6.45) is 7.84. The molecule has 1 aliphatic rings. The summed E-state index contributed by atoms with van der Waals surface area (Å²) >= 11 is 0. The van der Waals surface area contributed by atoms with Crippen molar-refractivity contribution in [3.63, 3.8) is 0 Å². The van der Waals surface area contributed by atoms with Crippen molar-refractivity contribution in [2.24, 2.45) is 5.73 Å². The molecule has 8 heteroatoms. The van der Waals surface area contributed by atoms with Crippen LogP contribution in [0.25, 0.3) is 28.0 Å². The first-order valence-electron chi connectivity index (χ1n) is 8.95. The van der Waals surface area contributed by atoms with Crippen LogP contribution in [0.1, 0.15) is 25.7 Å². The molecule has 3 aromatic heterocycles. The molecule has 1 aromatic carbocycles. The number of aromatic amines is 1. The van der Waals surface area contributed by atoms with E-state index >= 15 is 0 Å². The van der Waals surface area contributed by atoms with Gasteiger partial charge in [-0.15, -0.1) is 0 Å². The Morgan fingerprint density at radius 1 is 1.12 bits per heavy atom. The van der Waals surface area contributed by atoms with E-state index in [4.69, 9.17) is 10.7 Å². The summed E-state index contributed by atoms with van der Waals surface area (Å²) in [6, 6.07) is 8.28. The van der Waals surface area contributed by atoms with Crippen LogP contribution in [0.3, 0.4) is 0 Å². The lowest BCUT2D eigenvalue weighted by Crippen LogP contribution is -2.43. The van der Waals surface area contributed by atoms with Gasteiger partial charge in [0.1, 0.15) is 6.33 Å². The lowest BCUT2D eigenvalue weighted by Gasteiger charge is -2.29. The largest absolute Gasteiger partial charge is 0.350 e. The second-order valence-corrected chi connectivity index (χ2v) is 6.77. The van der Waals surface area contributed by atoms with Gasteiger partial charge in [-0.25, -0.2) is 9.97 Å². The van der Waals surface area contributed by atoms with E-state index in [0.717, 1.165) is 23.9 Å². The molecule has 0 amide bonds. The third kappa shape index (κ3) is 2.50. The lowest BCUT2D eigenvalue weighted by atomic mass is 9.91. The van der Waals surface area contributed by atoms with Crippen molar-refractivity contribution in [1.82, 2.24) is 29.5 Å². The summed E-state index contributed by atoms with van der Waals surface area (Å²) in [5.41, 5.74) is 9.58. The number of rotatable bonds is 3. The number of H-pyrrole nitrogens is 1. The molecule has 0 saturated heterocycles. The number of hydrogen-bond acceptors (Lipinski definition) is 6. The van der Waals surface area contributed by atoms with E-state index in [0.29, 0.717) is 22.9 Å². The van der Waals surface area contributed by atoms with Crippen LogP contribution < -0.4 is 11.1 Å². The molecule has 2 atom stereocenters. The number of anilines is 1. The number of fused-ring (bicyclic) bond motifs is 2. The lowest BCUT2D eigenvalue weighted by molar-refractivity contribution is 0.402. The van der Waals surface area contributed by atoms with Gasteiger partial charge in [0.15, 0.2) is 17.0 Å². The fourth-order valence-corrected chi connectivity index (χ4v) is 3.69. The summed E-state index contributed by atoms with van der Waals surface area (Å²) in [5, 5.41) is 3.43. The van der Waals surface area contributed by atoms with E-state index in [9.17, 15) is 0 Å². The minimum absolute atomic E-state index is 0.127. The van der Waals surface area contributed by atoms with E-state index in [1.807, 2.05) is 28.8 Å². The maximum atomic E-state index is 6.27. The first-order chi connectivity index (χ1) is 12.8. The molecule has 1 saturated carbocycles. The molecule has 1 fully saturated rings. The molecule has 5 rings (SSSR count). The minimum Gasteiger partial charge on any atom is -0.350 e. The zero-order valence-corrected chi connectivity index (χ0v) is 14.3. The van der Waals surface area contributed by atoms with Crippen molar-refractivity contribution in [2.45, 2.75) is 37.8 Å². The highest BCUT2D eigenvalue weighted by Crippen LogP contribution is 2.24. The summed E-state index contributed by atoms with van der Waals surface area (Å²) in [5.74, 6) is 1.27. The minimum atomic E-state index is 0.127. The van der Waals surface area contributed by atoms with E-state index in [-0.39, 0.29) is 12.1 Å². The number of aromatic nitrogens is 6. The highest BCUT2D eigenvalue weighted by molar-refractivity contribution is 5.84. The smallest absolute Gasteiger partial charge is 0.227 e. The Kier molecular flexibility index (Phi) is 3.56. The summed E-state index contributed by atoms with van der Waals surface area (Å²) in [7, 11) is 0. The molecule has 1 aliphatic carbocycles. The Morgan fingerprint density at radius 3 is 2.92 bits per heavy atom. The molecule has 26 heavy (non-hydrogen) atoms. The second kappa shape index (κ2) is 6.06. The monoisotopic (exact) mass is 348 g/mol. The van der Waals surface area contributed by atoms with Crippen LogP contribution in [0.15, 0.2) is 36.9 Å². The van der Waals surface area contributed by atoms with Gasteiger partial charge in [0, 0.05) is 12.1 Å². The molecule has 0 aliphatic heterocycles. The molecule has 0 bridgehead atoms. The fraction of sp³-hybridized carbons (Fsp3) is 0.333. The quantitative estimate of drug-likeness (QED) is 0.524. The van der Waals surface area contributed by atoms with Crippen molar-refractivity contribution in [3.8, 4) is 5.82 Å². The number of para-hydroxylation sites is 2. The summed E-state index contributed by atoms with van der Waals surface area (Å²) in [6.45, 7) is 0. The van der Waals surface area contributed by atoms with Gasteiger partial charge in [-0.1, -0.05) is 25.0 Å². The van der Waals surface area contributed by atoms with Gasteiger partial charge in [-0.2, -0.15) is 9.97 Å². The van der Waals surface area contributed by atoms with Crippen molar-refractivity contribution >= 4 is 28.1 Å². The average Bonchev–Trinajstić information content (AvgIpc) is 3.30. The highest BCUT2D eigenvalue weighted by atomic mass is 15.2. The number of nitrogens with two attached hydrogens (primary N) is 1.